The van der Waals surface area contributed by atoms with E-state index in [9.17, 15) is 14.4 Å². The van der Waals surface area contributed by atoms with Gasteiger partial charge in [-0.2, -0.15) is 0 Å². The highest BCUT2D eigenvalue weighted by molar-refractivity contribution is 5.71. The van der Waals surface area contributed by atoms with Gasteiger partial charge in [0.25, 0.3) is 0 Å². The lowest BCUT2D eigenvalue weighted by Gasteiger charge is -2.18. The zero-order chi connectivity index (χ0) is 54.3. The van der Waals surface area contributed by atoms with E-state index in [0.29, 0.717) is 19.3 Å². The Morgan fingerprint density at radius 1 is 0.280 bits per heavy atom. The third kappa shape index (κ3) is 61.3. The Morgan fingerprint density at radius 2 is 0.547 bits per heavy atom. The molecule has 6 heteroatoms. The standard InChI is InChI=1S/C69H120O6/c1-4-7-10-13-16-19-22-25-28-31-34-37-40-43-46-49-52-55-58-61-67(70)73-64-66(75-69(72)63-60-57-54-51-48-45-42-39-36-33-30-27-24-21-18-15-12-9-6-3)65-74-68(71)62-59-56-53-50-47-44-41-38-35-32-29-26-23-20-17-14-11-8-5-2/h7,10,16,19,25,28,33-34,36-37,43,46,52,55,66H,4-6,8-9,11-15,17-18,20-24,26-27,29-32,35,38-42,44-45,47-51,53-54,56-65H2,1-3H3/b10-7-,19-16-,28-25-,36-33-,37-34-,46-43-,55-52-/t66-/m0/s1. The summed E-state index contributed by atoms with van der Waals surface area (Å²) in [5, 5.41) is 0. The SMILES string of the molecule is CC/C=C\C/C=C\C/C=C\C/C=C\C/C=C\C/C=C\CCC(=O)OC[C@@H](COC(=O)CCCCCCCCCCCCCCCCCCCCC)OC(=O)CCCCCCCCC/C=C\CCCCCCCCCC. The Morgan fingerprint density at radius 3 is 0.893 bits per heavy atom. The van der Waals surface area contributed by atoms with E-state index < -0.39 is 6.10 Å². The van der Waals surface area contributed by atoms with E-state index in [0.717, 1.165) is 77.0 Å². The van der Waals surface area contributed by atoms with Gasteiger partial charge in [-0.1, -0.05) is 298 Å². The van der Waals surface area contributed by atoms with Gasteiger partial charge in [-0.15, -0.1) is 0 Å². The van der Waals surface area contributed by atoms with Crippen molar-refractivity contribution in [1.29, 1.82) is 0 Å². The minimum absolute atomic E-state index is 0.0987. The molecule has 0 bridgehead atoms. The van der Waals surface area contributed by atoms with E-state index in [4.69, 9.17) is 14.2 Å². The molecule has 0 aliphatic heterocycles. The molecule has 0 unspecified atom stereocenters. The number of hydrogen-bond acceptors (Lipinski definition) is 6. The van der Waals surface area contributed by atoms with Crippen LogP contribution in [0, 0.1) is 0 Å². The fourth-order valence-electron chi connectivity index (χ4n) is 9.11. The van der Waals surface area contributed by atoms with Gasteiger partial charge in [0.1, 0.15) is 13.2 Å². The highest BCUT2D eigenvalue weighted by Crippen LogP contribution is 2.17. The summed E-state index contributed by atoms with van der Waals surface area (Å²) in [5.74, 6) is -0.977. The fraction of sp³-hybridized carbons (Fsp3) is 0.754. The Labute approximate surface area is 465 Å². The molecule has 6 nitrogen and oxygen atoms in total. The number of hydrogen-bond donors (Lipinski definition) is 0. The number of carbonyl (C=O) groups excluding carboxylic acids is 3. The molecule has 0 aromatic carbocycles. The molecule has 0 amide bonds. The number of rotatable bonds is 58. The Kier molecular flexibility index (Phi) is 60.3. The van der Waals surface area contributed by atoms with Crippen molar-refractivity contribution in [2.24, 2.45) is 0 Å². The van der Waals surface area contributed by atoms with Gasteiger partial charge in [0, 0.05) is 19.3 Å². The van der Waals surface area contributed by atoms with Crippen molar-refractivity contribution >= 4 is 17.9 Å². The first kappa shape index (κ1) is 71.6. The first-order valence-corrected chi connectivity index (χ1v) is 32.1. The third-order valence-corrected chi connectivity index (χ3v) is 13.9. The summed E-state index contributed by atoms with van der Waals surface area (Å²) in [6, 6.07) is 0. The van der Waals surface area contributed by atoms with Crippen LogP contribution in [0.25, 0.3) is 0 Å². The van der Waals surface area contributed by atoms with Crippen LogP contribution in [0.15, 0.2) is 85.1 Å². The molecule has 0 heterocycles. The molecule has 0 N–H and O–H groups in total. The first-order valence-electron chi connectivity index (χ1n) is 32.1. The van der Waals surface area contributed by atoms with Crippen LogP contribution in [0.5, 0.6) is 0 Å². The highest BCUT2D eigenvalue weighted by atomic mass is 16.6. The van der Waals surface area contributed by atoms with Crippen LogP contribution in [0.1, 0.15) is 316 Å². The summed E-state index contributed by atoms with van der Waals surface area (Å²) in [4.78, 5) is 38.3. The average molecular weight is 1050 g/mol. The molecule has 0 fully saturated rings. The number of ether oxygens (including phenoxy) is 3. The van der Waals surface area contributed by atoms with Crippen LogP contribution < -0.4 is 0 Å². The van der Waals surface area contributed by atoms with Crippen LogP contribution in [0.4, 0.5) is 0 Å². The van der Waals surface area contributed by atoms with Crippen molar-refractivity contribution < 1.29 is 28.6 Å². The zero-order valence-electron chi connectivity index (χ0n) is 49.6. The Balaban J connectivity index is 4.46. The summed E-state index contributed by atoms with van der Waals surface area (Å²) in [6.45, 7) is 6.50. The topological polar surface area (TPSA) is 78.9 Å². The molecule has 0 aliphatic rings. The lowest BCUT2D eigenvalue weighted by Crippen LogP contribution is -2.30. The van der Waals surface area contributed by atoms with Crippen LogP contribution in [0.3, 0.4) is 0 Å². The summed E-state index contributed by atoms with van der Waals surface area (Å²) >= 11 is 0. The quantitative estimate of drug-likeness (QED) is 0.0261. The van der Waals surface area contributed by atoms with E-state index in [-0.39, 0.29) is 37.5 Å². The minimum atomic E-state index is -0.809. The molecule has 0 aliphatic carbocycles. The van der Waals surface area contributed by atoms with Gasteiger partial charge in [-0.05, 0) is 83.5 Å². The fourth-order valence-corrected chi connectivity index (χ4v) is 9.11. The molecule has 432 valence electrons. The highest BCUT2D eigenvalue weighted by Gasteiger charge is 2.19. The number of esters is 3. The number of unbranched alkanes of at least 4 members (excludes halogenated alkanes) is 33. The maximum atomic E-state index is 12.9. The van der Waals surface area contributed by atoms with Crippen LogP contribution in [-0.2, 0) is 28.6 Å². The molecular weight excluding hydrogens is 925 g/mol. The molecule has 0 spiro atoms. The lowest BCUT2D eigenvalue weighted by molar-refractivity contribution is -0.166. The van der Waals surface area contributed by atoms with E-state index in [1.807, 2.05) is 6.08 Å². The van der Waals surface area contributed by atoms with Gasteiger partial charge in [-0.3, -0.25) is 14.4 Å². The van der Waals surface area contributed by atoms with Crippen molar-refractivity contribution in [3.05, 3.63) is 85.1 Å². The van der Waals surface area contributed by atoms with E-state index in [1.165, 1.54) is 193 Å². The van der Waals surface area contributed by atoms with E-state index >= 15 is 0 Å². The molecule has 0 saturated heterocycles. The second-order valence-corrected chi connectivity index (χ2v) is 21.3. The van der Waals surface area contributed by atoms with E-state index in [2.05, 4.69) is 99.8 Å². The molecular formula is C69H120O6. The number of carbonyl (C=O) groups is 3. The summed E-state index contributed by atoms with van der Waals surface area (Å²) < 4.78 is 16.9. The maximum absolute atomic E-state index is 12.9. The van der Waals surface area contributed by atoms with Crippen molar-refractivity contribution in [2.75, 3.05) is 13.2 Å². The maximum Gasteiger partial charge on any atom is 0.306 e. The Hall–Kier alpha value is -3.41. The molecule has 75 heavy (non-hydrogen) atoms. The molecule has 0 rings (SSSR count). The largest absolute Gasteiger partial charge is 0.462 e. The van der Waals surface area contributed by atoms with Crippen LogP contribution >= 0.6 is 0 Å². The summed E-state index contributed by atoms with van der Waals surface area (Å²) in [5.41, 5.74) is 0. The van der Waals surface area contributed by atoms with Gasteiger partial charge >= 0.3 is 17.9 Å². The summed E-state index contributed by atoms with van der Waals surface area (Å²) in [7, 11) is 0. The molecule has 0 aromatic heterocycles. The van der Waals surface area contributed by atoms with Crippen molar-refractivity contribution in [1.82, 2.24) is 0 Å². The lowest BCUT2D eigenvalue weighted by atomic mass is 10.0. The second-order valence-electron chi connectivity index (χ2n) is 21.3. The predicted molar refractivity (Wildman–Crippen MR) is 325 cm³/mol. The predicted octanol–water partition coefficient (Wildman–Crippen LogP) is 21.9. The van der Waals surface area contributed by atoms with Crippen LogP contribution in [-0.4, -0.2) is 37.2 Å². The third-order valence-electron chi connectivity index (χ3n) is 13.9. The Bertz CT molecular complexity index is 1430. The van der Waals surface area contributed by atoms with Gasteiger partial charge < -0.3 is 14.2 Å². The second kappa shape index (κ2) is 63.1. The van der Waals surface area contributed by atoms with Crippen LogP contribution in [0.2, 0.25) is 0 Å². The van der Waals surface area contributed by atoms with Crippen molar-refractivity contribution in [3.63, 3.8) is 0 Å². The average Bonchev–Trinajstić information content (AvgIpc) is 3.41. The smallest absolute Gasteiger partial charge is 0.306 e. The van der Waals surface area contributed by atoms with E-state index in [1.54, 1.807) is 0 Å². The van der Waals surface area contributed by atoms with Gasteiger partial charge in [0.05, 0.1) is 0 Å². The first-order chi connectivity index (χ1) is 37.0. The van der Waals surface area contributed by atoms with Gasteiger partial charge in [-0.25, -0.2) is 0 Å². The van der Waals surface area contributed by atoms with Crippen molar-refractivity contribution in [2.45, 2.75) is 322 Å². The molecule has 0 saturated carbocycles. The zero-order valence-corrected chi connectivity index (χ0v) is 49.6. The van der Waals surface area contributed by atoms with Gasteiger partial charge in [0.15, 0.2) is 6.10 Å². The molecule has 0 aromatic rings. The molecule has 1 atom stereocenters. The van der Waals surface area contributed by atoms with Gasteiger partial charge in [0.2, 0.25) is 0 Å². The normalized spacial score (nSPS) is 12.6. The monoisotopic (exact) mass is 1040 g/mol. The number of allylic oxidation sites excluding steroid dienone is 14. The molecule has 0 radical (unpaired) electrons. The summed E-state index contributed by atoms with van der Waals surface area (Å²) in [6.07, 6.45) is 83.1. The minimum Gasteiger partial charge on any atom is -0.462 e. The van der Waals surface area contributed by atoms with Crippen molar-refractivity contribution in [3.8, 4) is 0 Å².